The molecule has 1 fully saturated rings. The normalized spacial score (nSPS) is 19.9. The zero-order valence-electron chi connectivity index (χ0n) is 8.27. The zero-order chi connectivity index (χ0) is 10.6. The van der Waals surface area contributed by atoms with Crippen LogP contribution < -0.4 is 5.32 Å². The van der Waals surface area contributed by atoms with Crippen molar-refractivity contribution in [1.29, 1.82) is 0 Å². The highest BCUT2D eigenvalue weighted by molar-refractivity contribution is 7.78. The second kappa shape index (κ2) is 4.99. The van der Waals surface area contributed by atoms with E-state index in [9.17, 15) is 4.79 Å². The standard InChI is InChI=1S/C6H8N4OS.C2H6/c11-5-1-4(2-7-5)6-8-3-9-10(6)12;1-2/h3-4,12H,1-2H2,(H,7,11);1-2H3. The molecule has 2 heterocycles. The monoisotopic (exact) mass is 214 g/mol. The number of nitrogens with zero attached hydrogens (tertiary/aromatic N) is 3. The van der Waals surface area contributed by atoms with E-state index < -0.39 is 0 Å². The summed E-state index contributed by atoms with van der Waals surface area (Å²) >= 11 is 4.06. The van der Waals surface area contributed by atoms with Gasteiger partial charge in [-0.15, -0.1) is 5.10 Å². The molecule has 1 unspecified atom stereocenters. The van der Waals surface area contributed by atoms with Crippen molar-refractivity contribution >= 4 is 18.7 Å². The first-order chi connectivity index (χ1) is 6.77. The first-order valence-electron chi connectivity index (χ1n) is 4.63. The van der Waals surface area contributed by atoms with Gasteiger partial charge in [0.05, 0.1) is 0 Å². The van der Waals surface area contributed by atoms with E-state index >= 15 is 0 Å². The lowest BCUT2D eigenvalue weighted by Crippen LogP contribution is -2.14. The fourth-order valence-corrected chi connectivity index (χ4v) is 1.56. The molecule has 1 saturated heterocycles. The maximum atomic E-state index is 10.9. The third kappa shape index (κ3) is 2.25. The molecule has 0 radical (unpaired) electrons. The van der Waals surface area contributed by atoms with Crippen molar-refractivity contribution in [3.05, 3.63) is 12.2 Å². The Morgan fingerprint density at radius 3 is 2.79 bits per heavy atom. The van der Waals surface area contributed by atoms with Crippen molar-refractivity contribution in [3.8, 4) is 0 Å². The van der Waals surface area contributed by atoms with Crippen LogP contribution in [0.4, 0.5) is 0 Å². The van der Waals surface area contributed by atoms with Crippen LogP contribution in [0.5, 0.6) is 0 Å². The van der Waals surface area contributed by atoms with Crippen molar-refractivity contribution in [1.82, 2.24) is 19.5 Å². The van der Waals surface area contributed by atoms with Crippen molar-refractivity contribution < 1.29 is 4.79 Å². The molecular weight excluding hydrogens is 200 g/mol. The predicted molar refractivity (Wildman–Crippen MR) is 56.1 cm³/mol. The highest BCUT2D eigenvalue weighted by Crippen LogP contribution is 2.20. The summed E-state index contributed by atoms with van der Waals surface area (Å²) in [5, 5.41) is 6.55. The van der Waals surface area contributed by atoms with Crippen molar-refractivity contribution in [2.75, 3.05) is 6.54 Å². The first-order valence-corrected chi connectivity index (χ1v) is 5.03. The van der Waals surface area contributed by atoms with Crippen LogP contribution in [0.15, 0.2) is 6.33 Å². The van der Waals surface area contributed by atoms with Crippen LogP contribution in [0.25, 0.3) is 0 Å². The lowest BCUT2D eigenvalue weighted by Gasteiger charge is -2.03. The Kier molecular flexibility index (Phi) is 3.94. The van der Waals surface area contributed by atoms with Gasteiger partial charge in [0, 0.05) is 18.9 Å². The van der Waals surface area contributed by atoms with E-state index in [0.717, 1.165) is 5.82 Å². The minimum atomic E-state index is 0.0660. The molecule has 1 amide bonds. The summed E-state index contributed by atoms with van der Waals surface area (Å²) in [5.74, 6) is 0.936. The third-order valence-corrected chi connectivity index (χ3v) is 2.21. The summed E-state index contributed by atoms with van der Waals surface area (Å²) in [6, 6.07) is 0. The molecule has 6 heteroatoms. The van der Waals surface area contributed by atoms with Gasteiger partial charge in [-0.1, -0.05) is 13.8 Å². The molecule has 78 valence electrons. The number of hydrogen-bond acceptors (Lipinski definition) is 4. The second-order valence-electron chi connectivity index (χ2n) is 2.71. The van der Waals surface area contributed by atoms with Gasteiger partial charge in [-0.2, -0.15) is 4.09 Å². The number of amides is 1. The van der Waals surface area contributed by atoms with Gasteiger partial charge >= 0.3 is 0 Å². The van der Waals surface area contributed by atoms with Gasteiger partial charge in [0.15, 0.2) is 0 Å². The summed E-state index contributed by atoms with van der Waals surface area (Å²) in [6.07, 6.45) is 1.92. The summed E-state index contributed by atoms with van der Waals surface area (Å²) in [6.45, 7) is 4.64. The number of carbonyl (C=O) groups excluding carboxylic acids is 1. The summed E-state index contributed by atoms with van der Waals surface area (Å²) in [4.78, 5) is 14.9. The van der Waals surface area contributed by atoms with E-state index in [-0.39, 0.29) is 11.8 Å². The average molecular weight is 214 g/mol. The maximum Gasteiger partial charge on any atom is 0.220 e. The van der Waals surface area contributed by atoms with Gasteiger partial charge in [0.1, 0.15) is 12.2 Å². The molecule has 1 N–H and O–H groups in total. The maximum absolute atomic E-state index is 10.9. The number of aromatic nitrogens is 3. The Morgan fingerprint density at radius 1 is 1.64 bits per heavy atom. The van der Waals surface area contributed by atoms with E-state index in [0.29, 0.717) is 13.0 Å². The molecule has 1 aliphatic rings. The molecule has 1 aromatic rings. The predicted octanol–water partition coefficient (Wildman–Crippen LogP) is 0.601. The number of thiol groups is 1. The molecule has 5 nitrogen and oxygen atoms in total. The second-order valence-corrected chi connectivity index (χ2v) is 3.09. The van der Waals surface area contributed by atoms with Crippen LogP contribution in [0.3, 0.4) is 0 Å². The van der Waals surface area contributed by atoms with Crippen LogP contribution in [-0.4, -0.2) is 26.6 Å². The van der Waals surface area contributed by atoms with E-state index in [2.05, 4.69) is 28.2 Å². The number of rotatable bonds is 1. The van der Waals surface area contributed by atoms with Gasteiger partial charge in [0.25, 0.3) is 0 Å². The molecule has 0 aliphatic carbocycles. The molecule has 0 aromatic carbocycles. The van der Waals surface area contributed by atoms with Crippen molar-refractivity contribution in [2.45, 2.75) is 26.2 Å². The summed E-state index contributed by atoms with van der Waals surface area (Å²) < 4.78 is 1.41. The molecule has 1 atom stereocenters. The fraction of sp³-hybridized carbons (Fsp3) is 0.625. The van der Waals surface area contributed by atoms with E-state index in [1.165, 1.54) is 10.4 Å². The summed E-state index contributed by atoms with van der Waals surface area (Å²) in [7, 11) is 0. The molecule has 1 aliphatic heterocycles. The van der Waals surface area contributed by atoms with Gasteiger partial charge < -0.3 is 5.32 Å². The minimum Gasteiger partial charge on any atom is -0.355 e. The Balaban J connectivity index is 0.000000461. The molecular formula is C8H14N4OS. The smallest absolute Gasteiger partial charge is 0.220 e. The molecule has 0 bridgehead atoms. The van der Waals surface area contributed by atoms with Crippen LogP contribution in [0, 0.1) is 0 Å². The van der Waals surface area contributed by atoms with E-state index in [1.807, 2.05) is 13.8 Å². The van der Waals surface area contributed by atoms with Gasteiger partial charge in [0.2, 0.25) is 5.91 Å². The molecule has 14 heavy (non-hydrogen) atoms. The highest BCUT2D eigenvalue weighted by atomic mass is 32.1. The van der Waals surface area contributed by atoms with E-state index in [1.54, 1.807) is 0 Å². The van der Waals surface area contributed by atoms with Gasteiger partial charge in [-0.25, -0.2) is 4.98 Å². The molecule has 0 saturated carbocycles. The first kappa shape index (κ1) is 11.0. The van der Waals surface area contributed by atoms with Crippen LogP contribution >= 0.6 is 12.8 Å². The topological polar surface area (TPSA) is 59.8 Å². The number of nitrogens with one attached hydrogen (secondary N) is 1. The molecule has 2 rings (SSSR count). The largest absolute Gasteiger partial charge is 0.355 e. The van der Waals surface area contributed by atoms with Crippen LogP contribution in [-0.2, 0) is 4.79 Å². The van der Waals surface area contributed by atoms with Gasteiger partial charge in [-0.05, 0) is 12.8 Å². The Bertz CT molecular complexity index is 312. The third-order valence-electron chi connectivity index (χ3n) is 1.90. The van der Waals surface area contributed by atoms with E-state index in [4.69, 9.17) is 0 Å². The molecule has 0 spiro atoms. The Hall–Kier alpha value is -1.04. The lowest BCUT2D eigenvalue weighted by molar-refractivity contribution is -0.119. The SMILES string of the molecule is CC.O=C1CC(c2ncnn2S)CN1. The number of carbonyl (C=O) groups is 1. The Labute approximate surface area is 88.4 Å². The van der Waals surface area contributed by atoms with Crippen molar-refractivity contribution in [3.63, 3.8) is 0 Å². The average Bonchev–Trinajstić information content (AvgIpc) is 2.78. The van der Waals surface area contributed by atoms with Crippen LogP contribution in [0.1, 0.15) is 32.0 Å². The highest BCUT2D eigenvalue weighted by Gasteiger charge is 2.26. The molecule has 1 aromatic heterocycles. The lowest BCUT2D eigenvalue weighted by atomic mass is 10.1. The summed E-state index contributed by atoms with van der Waals surface area (Å²) in [5.41, 5.74) is 0. The quantitative estimate of drug-likeness (QED) is 0.673. The fourth-order valence-electron chi connectivity index (χ4n) is 1.30. The Morgan fingerprint density at radius 2 is 2.36 bits per heavy atom. The minimum absolute atomic E-state index is 0.0660. The van der Waals surface area contributed by atoms with Crippen LogP contribution in [0.2, 0.25) is 0 Å². The zero-order valence-corrected chi connectivity index (χ0v) is 9.16. The number of hydrogen-bond donors (Lipinski definition) is 2. The van der Waals surface area contributed by atoms with Crippen molar-refractivity contribution in [2.24, 2.45) is 0 Å². The van der Waals surface area contributed by atoms with Gasteiger partial charge in [-0.3, -0.25) is 4.79 Å².